The van der Waals surface area contributed by atoms with E-state index in [4.69, 9.17) is 5.73 Å². The molecule has 1 aliphatic carbocycles. The van der Waals surface area contributed by atoms with E-state index in [1.807, 2.05) is 0 Å². The summed E-state index contributed by atoms with van der Waals surface area (Å²) in [5.41, 5.74) is 8.91. The second kappa shape index (κ2) is 8.46. The molecule has 1 aromatic rings. The van der Waals surface area contributed by atoms with E-state index in [1.54, 1.807) is 0 Å². The zero-order valence-electron chi connectivity index (χ0n) is 13.0. The van der Waals surface area contributed by atoms with E-state index in [0.29, 0.717) is 5.92 Å². The van der Waals surface area contributed by atoms with Gasteiger partial charge in [-0.1, -0.05) is 63.3 Å². The van der Waals surface area contributed by atoms with Crippen LogP contribution in [0.4, 0.5) is 0 Å². The van der Waals surface area contributed by atoms with Crippen LogP contribution in [0.3, 0.4) is 0 Å². The van der Waals surface area contributed by atoms with E-state index < -0.39 is 0 Å². The molecule has 1 atom stereocenters. The first kappa shape index (κ1) is 15.6. The number of hydrogen-bond acceptors (Lipinski definition) is 1. The Morgan fingerprint density at radius 2 is 1.70 bits per heavy atom. The van der Waals surface area contributed by atoms with Gasteiger partial charge in [-0.2, -0.15) is 0 Å². The van der Waals surface area contributed by atoms with Crippen molar-refractivity contribution in [2.24, 2.45) is 5.73 Å². The van der Waals surface area contributed by atoms with Crippen LogP contribution in [0.1, 0.15) is 81.8 Å². The SMILES string of the molecule is CCCCCCCCc1ccc(C2CC[C](N)C2)cc1. The first-order valence-electron chi connectivity index (χ1n) is 8.48. The number of nitrogens with two attached hydrogens (primary N) is 1. The Morgan fingerprint density at radius 3 is 2.35 bits per heavy atom. The van der Waals surface area contributed by atoms with Crippen molar-refractivity contribution in [2.45, 2.75) is 77.0 Å². The number of aryl methyl sites for hydroxylation is 1. The van der Waals surface area contributed by atoms with Crippen LogP contribution >= 0.6 is 0 Å². The van der Waals surface area contributed by atoms with Gasteiger partial charge in [0.2, 0.25) is 0 Å². The molecule has 0 bridgehead atoms. The second-order valence-electron chi connectivity index (χ2n) is 6.36. The molecule has 1 saturated carbocycles. The number of benzene rings is 1. The zero-order valence-corrected chi connectivity index (χ0v) is 13.0. The van der Waals surface area contributed by atoms with E-state index >= 15 is 0 Å². The van der Waals surface area contributed by atoms with Gasteiger partial charge >= 0.3 is 0 Å². The molecule has 1 nitrogen and oxygen atoms in total. The number of rotatable bonds is 8. The minimum absolute atomic E-state index is 0.679. The summed E-state index contributed by atoms with van der Waals surface area (Å²) in [6.07, 6.45) is 13.0. The van der Waals surface area contributed by atoms with Gasteiger partial charge in [-0.05, 0) is 49.1 Å². The van der Waals surface area contributed by atoms with Crippen molar-refractivity contribution in [3.63, 3.8) is 0 Å². The predicted octanol–water partition coefficient (Wildman–Crippen LogP) is 5.35. The van der Waals surface area contributed by atoms with Crippen molar-refractivity contribution in [1.82, 2.24) is 0 Å². The molecule has 2 N–H and O–H groups in total. The highest BCUT2D eigenvalue weighted by molar-refractivity contribution is 5.27. The molecule has 1 aromatic carbocycles. The predicted molar refractivity (Wildman–Crippen MR) is 87.5 cm³/mol. The van der Waals surface area contributed by atoms with Gasteiger partial charge in [0, 0.05) is 6.04 Å². The Labute approximate surface area is 125 Å². The summed E-state index contributed by atoms with van der Waals surface area (Å²) >= 11 is 0. The van der Waals surface area contributed by atoms with Gasteiger partial charge in [-0.3, -0.25) is 0 Å². The average molecular weight is 272 g/mol. The summed E-state index contributed by atoms with van der Waals surface area (Å²) in [5, 5.41) is 0. The molecule has 0 aliphatic heterocycles. The minimum atomic E-state index is 0.679. The lowest BCUT2D eigenvalue weighted by Gasteiger charge is -2.10. The normalized spacial score (nSPS) is 19.6. The van der Waals surface area contributed by atoms with Gasteiger partial charge in [0.1, 0.15) is 0 Å². The van der Waals surface area contributed by atoms with E-state index in [9.17, 15) is 0 Å². The molecule has 111 valence electrons. The Morgan fingerprint density at radius 1 is 1.00 bits per heavy atom. The first-order chi connectivity index (χ1) is 9.79. The third kappa shape index (κ3) is 4.94. The monoisotopic (exact) mass is 272 g/mol. The quantitative estimate of drug-likeness (QED) is 0.634. The highest BCUT2D eigenvalue weighted by Crippen LogP contribution is 2.36. The maximum Gasteiger partial charge on any atom is 0.0343 e. The second-order valence-corrected chi connectivity index (χ2v) is 6.36. The maximum absolute atomic E-state index is 5.92. The lowest BCUT2D eigenvalue weighted by molar-refractivity contribution is 0.607. The third-order valence-electron chi connectivity index (χ3n) is 4.59. The standard InChI is InChI=1S/C19H30N/c1-2-3-4-5-6-7-8-16-9-11-17(12-10-16)18-13-14-19(20)15-18/h9-12,18H,2-8,13-15,20H2,1H3. The lowest BCUT2D eigenvalue weighted by Crippen LogP contribution is -2.04. The van der Waals surface area contributed by atoms with Gasteiger partial charge in [-0.25, -0.2) is 0 Å². The van der Waals surface area contributed by atoms with Crippen molar-refractivity contribution in [2.75, 3.05) is 0 Å². The van der Waals surface area contributed by atoms with Crippen molar-refractivity contribution < 1.29 is 0 Å². The molecule has 1 heteroatoms. The van der Waals surface area contributed by atoms with Gasteiger partial charge in [0.25, 0.3) is 0 Å². The fraction of sp³-hybridized carbons (Fsp3) is 0.632. The molecule has 0 saturated heterocycles. The molecule has 1 unspecified atom stereocenters. The van der Waals surface area contributed by atoms with Crippen LogP contribution in [0.2, 0.25) is 0 Å². The Balaban J connectivity index is 1.69. The molecular weight excluding hydrogens is 242 g/mol. The summed E-state index contributed by atoms with van der Waals surface area (Å²) in [7, 11) is 0. The molecule has 1 aliphatic rings. The molecule has 1 radical (unpaired) electrons. The molecular formula is C19H30N. The van der Waals surface area contributed by atoms with Crippen molar-refractivity contribution in [3.8, 4) is 0 Å². The van der Waals surface area contributed by atoms with Crippen LogP contribution in [0.5, 0.6) is 0 Å². The van der Waals surface area contributed by atoms with E-state index in [-0.39, 0.29) is 0 Å². The molecule has 0 heterocycles. The number of hydrogen-bond donors (Lipinski definition) is 1. The fourth-order valence-corrected chi connectivity index (χ4v) is 3.23. The van der Waals surface area contributed by atoms with Gasteiger partial charge in [0.05, 0.1) is 0 Å². The van der Waals surface area contributed by atoms with Crippen LogP contribution in [0, 0.1) is 6.04 Å². The molecule has 1 fully saturated rings. The summed E-state index contributed by atoms with van der Waals surface area (Å²) in [4.78, 5) is 0. The first-order valence-corrected chi connectivity index (χ1v) is 8.48. The summed E-state index contributed by atoms with van der Waals surface area (Å²) in [5.74, 6) is 0.679. The van der Waals surface area contributed by atoms with E-state index in [1.165, 1.54) is 68.5 Å². The average Bonchev–Trinajstić information content (AvgIpc) is 2.90. The van der Waals surface area contributed by atoms with Crippen molar-refractivity contribution >= 4 is 0 Å². The van der Waals surface area contributed by atoms with Crippen LogP contribution in [-0.4, -0.2) is 0 Å². The largest absolute Gasteiger partial charge is 0.324 e. The topological polar surface area (TPSA) is 26.0 Å². The summed E-state index contributed by atoms with van der Waals surface area (Å²) in [6.45, 7) is 2.28. The van der Waals surface area contributed by atoms with Crippen molar-refractivity contribution in [1.29, 1.82) is 0 Å². The fourth-order valence-electron chi connectivity index (χ4n) is 3.23. The lowest BCUT2D eigenvalue weighted by atomic mass is 9.95. The smallest absolute Gasteiger partial charge is 0.0343 e. The summed E-state index contributed by atoms with van der Waals surface area (Å²) in [6, 6.07) is 10.5. The van der Waals surface area contributed by atoms with Crippen LogP contribution in [0.25, 0.3) is 0 Å². The van der Waals surface area contributed by atoms with Gasteiger partial charge in [-0.15, -0.1) is 0 Å². The Bertz CT molecular complexity index is 368. The third-order valence-corrected chi connectivity index (χ3v) is 4.59. The van der Waals surface area contributed by atoms with Gasteiger partial charge in [0.15, 0.2) is 0 Å². The highest BCUT2D eigenvalue weighted by atomic mass is 14.6. The maximum atomic E-state index is 5.92. The van der Waals surface area contributed by atoms with Crippen LogP contribution in [-0.2, 0) is 6.42 Å². The van der Waals surface area contributed by atoms with Crippen molar-refractivity contribution in [3.05, 3.63) is 41.4 Å². The van der Waals surface area contributed by atoms with Gasteiger partial charge < -0.3 is 5.73 Å². The van der Waals surface area contributed by atoms with E-state index in [2.05, 4.69) is 31.2 Å². The molecule has 2 rings (SSSR count). The summed E-state index contributed by atoms with van der Waals surface area (Å²) < 4.78 is 0. The number of unbranched alkanes of at least 4 members (excludes halogenated alkanes) is 5. The van der Waals surface area contributed by atoms with Crippen LogP contribution in [0.15, 0.2) is 24.3 Å². The molecule has 0 aromatic heterocycles. The Kier molecular flexibility index (Phi) is 6.59. The molecule has 0 spiro atoms. The molecule has 0 amide bonds. The zero-order chi connectivity index (χ0) is 14.2. The van der Waals surface area contributed by atoms with E-state index in [0.717, 1.165) is 12.8 Å². The van der Waals surface area contributed by atoms with Crippen LogP contribution < -0.4 is 5.73 Å². The highest BCUT2D eigenvalue weighted by Gasteiger charge is 2.23. The minimum Gasteiger partial charge on any atom is -0.324 e. The Hall–Kier alpha value is -0.820. The molecule has 20 heavy (non-hydrogen) atoms.